The third-order valence-corrected chi connectivity index (χ3v) is 2.84. The number of benzene rings is 1. The predicted molar refractivity (Wildman–Crippen MR) is 56.2 cm³/mol. The van der Waals surface area contributed by atoms with Crippen molar-refractivity contribution in [2.24, 2.45) is 10.2 Å². The van der Waals surface area contributed by atoms with Crippen molar-refractivity contribution in [3.05, 3.63) is 22.7 Å². The van der Waals surface area contributed by atoms with E-state index in [1.165, 1.54) is 0 Å². The molecule has 0 fully saturated rings. The second kappa shape index (κ2) is 3.03. The highest BCUT2D eigenvalue weighted by Crippen LogP contribution is 2.38. The van der Waals surface area contributed by atoms with Crippen molar-refractivity contribution in [2.45, 2.75) is 6.17 Å². The summed E-state index contributed by atoms with van der Waals surface area (Å²) in [5, 5.41) is 7.35. The molecular formula is C9H6BrN3O2. The fourth-order valence-electron chi connectivity index (χ4n) is 1.68. The summed E-state index contributed by atoms with van der Waals surface area (Å²) in [7, 11) is 0. The van der Waals surface area contributed by atoms with Crippen molar-refractivity contribution in [1.82, 2.24) is 0 Å². The second-order valence-corrected chi connectivity index (χ2v) is 4.19. The minimum absolute atomic E-state index is 0.306. The molecule has 0 bridgehead atoms. The summed E-state index contributed by atoms with van der Waals surface area (Å²) in [6, 6.07) is 5.19. The summed E-state index contributed by atoms with van der Waals surface area (Å²) in [6.45, 7) is 0.365. The minimum Gasteiger partial charge on any atom is -0.487 e. The van der Waals surface area contributed by atoms with Crippen molar-refractivity contribution >= 4 is 27.6 Å². The third kappa shape index (κ3) is 1.25. The van der Waals surface area contributed by atoms with E-state index >= 15 is 0 Å². The fourth-order valence-corrected chi connectivity index (χ4v) is 2.03. The number of amides is 2. The molecule has 15 heavy (non-hydrogen) atoms. The van der Waals surface area contributed by atoms with E-state index in [0.29, 0.717) is 12.4 Å². The van der Waals surface area contributed by atoms with Crippen molar-refractivity contribution in [3.8, 4) is 5.75 Å². The summed E-state index contributed by atoms with van der Waals surface area (Å²) in [5.41, 5.74) is 0.718. The van der Waals surface area contributed by atoms with Crippen LogP contribution >= 0.6 is 15.9 Å². The Morgan fingerprint density at radius 1 is 1.53 bits per heavy atom. The van der Waals surface area contributed by atoms with Crippen molar-refractivity contribution in [2.75, 3.05) is 11.5 Å². The maximum Gasteiger partial charge on any atom is 0.368 e. The van der Waals surface area contributed by atoms with Gasteiger partial charge in [-0.15, -0.1) is 0 Å². The number of fused-ring (bicyclic) bond motifs is 3. The molecule has 0 aliphatic carbocycles. The van der Waals surface area contributed by atoms with Crippen LogP contribution in [-0.2, 0) is 0 Å². The first-order chi connectivity index (χ1) is 7.25. The third-order valence-electron chi connectivity index (χ3n) is 2.35. The molecule has 5 nitrogen and oxygen atoms in total. The molecule has 2 aliphatic heterocycles. The molecule has 0 N–H and O–H groups in total. The number of urea groups is 1. The Morgan fingerprint density at radius 2 is 2.40 bits per heavy atom. The van der Waals surface area contributed by atoms with Crippen LogP contribution < -0.4 is 9.64 Å². The smallest absolute Gasteiger partial charge is 0.368 e. The number of carbonyl (C=O) groups is 1. The minimum atomic E-state index is -0.331. The van der Waals surface area contributed by atoms with Crippen molar-refractivity contribution in [3.63, 3.8) is 0 Å². The molecule has 1 atom stereocenters. The highest BCUT2D eigenvalue weighted by Gasteiger charge is 2.36. The van der Waals surface area contributed by atoms with Crippen LogP contribution in [0.1, 0.15) is 0 Å². The molecule has 0 spiro atoms. The molecule has 0 aromatic heterocycles. The predicted octanol–water partition coefficient (Wildman–Crippen LogP) is 2.56. The first-order valence-corrected chi connectivity index (χ1v) is 5.21. The van der Waals surface area contributed by atoms with Gasteiger partial charge in [0.15, 0.2) is 6.17 Å². The van der Waals surface area contributed by atoms with Gasteiger partial charge in [0, 0.05) is 4.47 Å². The number of anilines is 1. The monoisotopic (exact) mass is 267 g/mol. The van der Waals surface area contributed by atoms with Gasteiger partial charge in [-0.3, -0.25) is 4.90 Å². The summed E-state index contributed by atoms with van der Waals surface area (Å²) >= 11 is 3.35. The number of hydrogen-bond acceptors (Lipinski definition) is 3. The Kier molecular flexibility index (Phi) is 1.79. The molecule has 0 radical (unpaired) electrons. The summed E-state index contributed by atoms with van der Waals surface area (Å²) in [5.74, 6) is 0.690. The van der Waals surface area contributed by atoms with Crippen LogP contribution in [0.25, 0.3) is 0 Å². The van der Waals surface area contributed by atoms with Crippen molar-refractivity contribution in [1.29, 1.82) is 0 Å². The Bertz CT molecular complexity index is 474. The van der Waals surface area contributed by atoms with Crippen LogP contribution in [-0.4, -0.2) is 18.8 Å². The van der Waals surface area contributed by atoms with Gasteiger partial charge in [-0.05, 0) is 18.2 Å². The first kappa shape index (κ1) is 8.84. The van der Waals surface area contributed by atoms with E-state index in [0.717, 1.165) is 10.2 Å². The van der Waals surface area contributed by atoms with Gasteiger partial charge in [0.05, 0.1) is 5.69 Å². The Labute approximate surface area is 93.9 Å². The lowest BCUT2D eigenvalue weighted by atomic mass is 10.2. The molecule has 2 heterocycles. The van der Waals surface area contributed by atoms with Crippen LogP contribution in [0.4, 0.5) is 10.5 Å². The average molecular weight is 268 g/mol. The normalized spacial score (nSPS) is 22.3. The van der Waals surface area contributed by atoms with E-state index in [-0.39, 0.29) is 12.2 Å². The molecule has 3 rings (SSSR count). The second-order valence-electron chi connectivity index (χ2n) is 3.27. The number of hydrogen-bond donors (Lipinski definition) is 0. The summed E-state index contributed by atoms with van der Waals surface area (Å²) in [4.78, 5) is 13.0. The Balaban J connectivity index is 2.14. The van der Waals surface area contributed by atoms with Crippen LogP contribution in [0.3, 0.4) is 0 Å². The van der Waals surface area contributed by atoms with E-state index in [2.05, 4.69) is 26.2 Å². The van der Waals surface area contributed by atoms with Gasteiger partial charge < -0.3 is 4.74 Å². The highest BCUT2D eigenvalue weighted by atomic mass is 79.9. The van der Waals surface area contributed by atoms with E-state index in [1.54, 1.807) is 4.90 Å². The standard InChI is InChI=1S/C9H6BrN3O2/c10-5-1-2-7-6(3-5)13-8(4-15-7)11-12-9(13)14/h1-3,8H,4H2. The number of rotatable bonds is 0. The number of azo groups is 1. The van der Waals surface area contributed by atoms with E-state index < -0.39 is 0 Å². The number of ether oxygens (including phenoxy) is 1. The van der Waals surface area contributed by atoms with Crippen molar-refractivity contribution < 1.29 is 9.53 Å². The van der Waals surface area contributed by atoms with Crippen LogP contribution in [0.5, 0.6) is 5.75 Å². The maximum atomic E-state index is 11.5. The Hall–Kier alpha value is -1.43. The lowest BCUT2D eigenvalue weighted by molar-refractivity contribution is 0.244. The maximum absolute atomic E-state index is 11.5. The van der Waals surface area contributed by atoms with Gasteiger partial charge in [-0.1, -0.05) is 21.0 Å². The molecule has 1 aromatic rings. The molecule has 2 aliphatic rings. The van der Waals surface area contributed by atoms with E-state index in [4.69, 9.17) is 4.74 Å². The van der Waals surface area contributed by atoms with Gasteiger partial charge in [0.25, 0.3) is 0 Å². The molecule has 0 saturated heterocycles. The molecule has 1 unspecified atom stereocenters. The highest BCUT2D eigenvalue weighted by molar-refractivity contribution is 9.10. The van der Waals surface area contributed by atoms with Gasteiger partial charge in [-0.2, -0.15) is 5.11 Å². The van der Waals surface area contributed by atoms with Gasteiger partial charge in [-0.25, -0.2) is 4.79 Å². The number of halogens is 1. The largest absolute Gasteiger partial charge is 0.487 e. The average Bonchev–Trinajstić information content (AvgIpc) is 2.60. The van der Waals surface area contributed by atoms with E-state index in [9.17, 15) is 4.79 Å². The Morgan fingerprint density at radius 3 is 3.27 bits per heavy atom. The zero-order valence-electron chi connectivity index (χ0n) is 7.55. The molecule has 2 amide bonds. The van der Waals surface area contributed by atoms with Gasteiger partial charge in [0.1, 0.15) is 12.4 Å². The van der Waals surface area contributed by atoms with Gasteiger partial charge >= 0.3 is 6.03 Å². The molecule has 1 aromatic carbocycles. The zero-order chi connectivity index (χ0) is 10.4. The topological polar surface area (TPSA) is 54.3 Å². The number of carbonyl (C=O) groups excluding carboxylic acids is 1. The summed E-state index contributed by atoms with van der Waals surface area (Å²) in [6.07, 6.45) is -0.306. The molecule has 0 saturated carbocycles. The summed E-state index contributed by atoms with van der Waals surface area (Å²) < 4.78 is 6.37. The molecular weight excluding hydrogens is 262 g/mol. The van der Waals surface area contributed by atoms with Gasteiger partial charge in [0.2, 0.25) is 0 Å². The fraction of sp³-hybridized carbons (Fsp3) is 0.222. The zero-order valence-corrected chi connectivity index (χ0v) is 9.14. The molecule has 76 valence electrons. The van der Waals surface area contributed by atoms with Crippen LogP contribution in [0.2, 0.25) is 0 Å². The molecule has 6 heteroatoms. The number of nitrogens with zero attached hydrogens (tertiary/aromatic N) is 3. The first-order valence-electron chi connectivity index (χ1n) is 4.42. The lowest BCUT2D eigenvalue weighted by Crippen LogP contribution is -2.40. The van der Waals surface area contributed by atoms with E-state index in [1.807, 2.05) is 18.2 Å². The quantitative estimate of drug-likeness (QED) is 0.726. The van der Waals surface area contributed by atoms with Crippen LogP contribution in [0.15, 0.2) is 32.9 Å². The lowest BCUT2D eigenvalue weighted by Gasteiger charge is -2.28. The van der Waals surface area contributed by atoms with Crippen LogP contribution in [0, 0.1) is 0 Å². The SMILES string of the molecule is O=C1N=NC2COc3ccc(Br)cc3N12.